The van der Waals surface area contributed by atoms with E-state index in [4.69, 9.17) is 9.88 Å². The highest BCUT2D eigenvalue weighted by atomic mass is 32.2. The Kier molecular flexibility index (Phi) is 5.44. The molecule has 1 rings (SSSR count). The summed E-state index contributed by atoms with van der Waals surface area (Å²) in [7, 11) is -3.34. The molecule has 96 valence electrons. The third kappa shape index (κ3) is 6.28. The Hall–Kier alpha value is -1.07. The van der Waals surface area contributed by atoms with Gasteiger partial charge in [-0.25, -0.2) is 13.6 Å². The van der Waals surface area contributed by atoms with Crippen LogP contribution in [0, 0.1) is 0 Å². The molecule has 1 aromatic carbocycles. The molecule has 0 atom stereocenters. The maximum atomic E-state index is 10.7. The van der Waals surface area contributed by atoms with E-state index in [0.717, 1.165) is 12.2 Å². The molecule has 4 nitrogen and oxygen atoms in total. The van der Waals surface area contributed by atoms with Crippen molar-refractivity contribution >= 4 is 10.0 Å². The van der Waals surface area contributed by atoms with Crippen molar-refractivity contribution in [1.82, 2.24) is 0 Å². The van der Waals surface area contributed by atoms with E-state index in [1.165, 1.54) is 5.56 Å². The van der Waals surface area contributed by atoms with Crippen LogP contribution in [0.25, 0.3) is 0 Å². The summed E-state index contributed by atoms with van der Waals surface area (Å²) >= 11 is 0. The molecule has 0 aliphatic carbocycles. The van der Waals surface area contributed by atoms with Gasteiger partial charge in [0, 0.05) is 0 Å². The molecule has 1 aromatic rings. The highest BCUT2D eigenvalue weighted by molar-refractivity contribution is 7.89. The number of sulfonamides is 1. The number of unbranched alkanes of at least 4 members (excludes halogenated alkanes) is 1. The molecule has 2 N–H and O–H groups in total. The molecule has 0 aliphatic rings. The first-order valence-electron chi connectivity index (χ1n) is 5.73. The fourth-order valence-corrected chi connectivity index (χ4v) is 2.06. The van der Waals surface area contributed by atoms with E-state index in [1.54, 1.807) is 0 Å². The van der Waals surface area contributed by atoms with E-state index in [9.17, 15) is 8.42 Å². The van der Waals surface area contributed by atoms with Gasteiger partial charge in [0.25, 0.3) is 0 Å². The number of aryl methyl sites for hydroxylation is 1. The quantitative estimate of drug-likeness (QED) is 0.756. The van der Waals surface area contributed by atoms with Gasteiger partial charge < -0.3 is 4.74 Å². The first-order valence-corrected chi connectivity index (χ1v) is 7.45. The van der Waals surface area contributed by atoms with Crippen molar-refractivity contribution < 1.29 is 13.2 Å². The van der Waals surface area contributed by atoms with E-state index in [1.807, 2.05) is 24.3 Å². The number of benzene rings is 1. The molecule has 0 saturated carbocycles. The van der Waals surface area contributed by atoms with Gasteiger partial charge in [0.15, 0.2) is 0 Å². The van der Waals surface area contributed by atoms with Crippen LogP contribution in [0.2, 0.25) is 0 Å². The lowest BCUT2D eigenvalue weighted by Crippen LogP contribution is -2.16. The summed E-state index contributed by atoms with van der Waals surface area (Å²) in [5.74, 6) is 0.852. The number of nitrogens with two attached hydrogens (primary N) is 1. The molecule has 0 aliphatic heterocycles. The van der Waals surface area contributed by atoms with Crippen LogP contribution in [-0.4, -0.2) is 20.8 Å². The first kappa shape index (κ1) is 14.0. The first-order chi connectivity index (χ1) is 8.01. The Morgan fingerprint density at radius 3 is 2.71 bits per heavy atom. The van der Waals surface area contributed by atoms with Crippen molar-refractivity contribution in [3.63, 3.8) is 0 Å². The van der Waals surface area contributed by atoms with Gasteiger partial charge in [-0.3, -0.25) is 0 Å². The average Bonchev–Trinajstić information content (AvgIpc) is 2.27. The Labute approximate surface area is 103 Å². The summed E-state index contributed by atoms with van der Waals surface area (Å²) in [6, 6.07) is 7.91. The zero-order valence-electron chi connectivity index (χ0n) is 10.1. The number of primary sulfonamides is 1. The van der Waals surface area contributed by atoms with Crippen LogP contribution in [0.15, 0.2) is 24.3 Å². The van der Waals surface area contributed by atoms with E-state index in [-0.39, 0.29) is 5.75 Å². The molecular weight excluding hydrogens is 238 g/mol. The zero-order valence-corrected chi connectivity index (χ0v) is 10.9. The molecule has 0 radical (unpaired) electrons. The van der Waals surface area contributed by atoms with Crippen molar-refractivity contribution in [2.24, 2.45) is 5.14 Å². The number of hydrogen-bond donors (Lipinski definition) is 1. The fourth-order valence-electron chi connectivity index (χ4n) is 1.45. The Morgan fingerprint density at radius 1 is 1.29 bits per heavy atom. The van der Waals surface area contributed by atoms with Crippen molar-refractivity contribution in [1.29, 1.82) is 0 Å². The Bertz CT molecular complexity index is 443. The summed E-state index contributed by atoms with van der Waals surface area (Å²) in [6.07, 6.45) is 2.20. The van der Waals surface area contributed by atoms with Crippen LogP contribution in [0.1, 0.15) is 25.3 Å². The second-order valence-corrected chi connectivity index (χ2v) is 5.66. The molecule has 0 amide bonds. The highest BCUT2D eigenvalue weighted by Crippen LogP contribution is 2.14. The minimum absolute atomic E-state index is 0.0192. The summed E-state index contributed by atoms with van der Waals surface area (Å²) in [4.78, 5) is 0. The third-order valence-corrected chi connectivity index (χ3v) is 3.26. The Balaban J connectivity index is 2.26. The molecule has 0 unspecified atom stereocenters. The van der Waals surface area contributed by atoms with Gasteiger partial charge in [-0.2, -0.15) is 0 Å². The van der Waals surface area contributed by atoms with Crippen LogP contribution in [0.4, 0.5) is 0 Å². The lowest BCUT2D eigenvalue weighted by molar-refractivity contribution is 0.309. The zero-order chi connectivity index (χ0) is 12.7. The van der Waals surface area contributed by atoms with Crippen molar-refractivity contribution in [2.45, 2.75) is 26.2 Å². The van der Waals surface area contributed by atoms with Crippen LogP contribution < -0.4 is 9.88 Å². The van der Waals surface area contributed by atoms with Crippen molar-refractivity contribution in [3.8, 4) is 5.75 Å². The van der Waals surface area contributed by atoms with Gasteiger partial charge in [0.05, 0.1) is 12.4 Å². The molecule has 0 aromatic heterocycles. The minimum Gasteiger partial charge on any atom is -0.494 e. The molecule has 0 heterocycles. The SMILES string of the molecule is CCc1cccc(OCCCCS(N)(=O)=O)c1. The predicted molar refractivity (Wildman–Crippen MR) is 68.5 cm³/mol. The molecule has 0 spiro atoms. The van der Waals surface area contributed by atoms with E-state index >= 15 is 0 Å². The van der Waals surface area contributed by atoms with Crippen molar-refractivity contribution in [2.75, 3.05) is 12.4 Å². The van der Waals surface area contributed by atoms with E-state index in [2.05, 4.69) is 6.92 Å². The highest BCUT2D eigenvalue weighted by Gasteiger charge is 2.02. The monoisotopic (exact) mass is 257 g/mol. The van der Waals surface area contributed by atoms with Crippen LogP contribution in [-0.2, 0) is 16.4 Å². The Morgan fingerprint density at radius 2 is 2.06 bits per heavy atom. The lowest BCUT2D eigenvalue weighted by Gasteiger charge is -2.07. The number of rotatable bonds is 7. The molecule has 5 heteroatoms. The van der Waals surface area contributed by atoms with Gasteiger partial charge in [-0.15, -0.1) is 0 Å². The van der Waals surface area contributed by atoms with Crippen molar-refractivity contribution in [3.05, 3.63) is 29.8 Å². The maximum absolute atomic E-state index is 10.7. The van der Waals surface area contributed by atoms with Gasteiger partial charge in [0.2, 0.25) is 10.0 Å². The fraction of sp³-hybridized carbons (Fsp3) is 0.500. The molecular formula is C12H19NO3S. The van der Waals surface area contributed by atoms with Crippen LogP contribution in [0.3, 0.4) is 0 Å². The smallest absolute Gasteiger partial charge is 0.209 e. The molecule has 0 fully saturated rings. The summed E-state index contributed by atoms with van der Waals surface area (Å²) in [6.45, 7) is 2.61. The average molecular weight is 257 g/mol. The third-order valence-electron chi connectivity index (χ3n) is 2.40. The molecule has 0 bridgehead atoms. The van der Waals surface area contributed by atoms with Gasteiger partial charge in [-0.1, -0.05) is 19.1 Å². The normalized spacial score (nSPS) is 11.4. The standard InChI is InChI=1S/C12H19NO3S/c1-2-11-6-5-7-12(10-11)16-8-3-4-9-17(13,14)15/h5-7,10H,2-4,8-9H2,1H3,(H2,13,14,15). The lowest BCUT2D eigenvalue weighted by atomic mass is 10.2. The topological polar surface area (TPSA) is 69.4 Å². The second-order valence-electron chi connectivity index (χ2n) is 3.92. The summed E-state index contributed by atoms with van der Waals surface area (Å²) in [5.41, 5.74) is 1.23. The summed E-state index contributed by atoms with van der Waals surface area (Å²) < 4.78 is 26.9. The minimum atomic E-state index is -3.34. The maximum Gasteiger partial charge on any atom is 0.209 e. The van der Waals surface area contributed by atoms with Crippen LogP contribution in [0.5, 0.6) is 5.75 Å². The van der Waals surface area contributed by atoms with Crippen LogP contribution >= 0.6 is 0 Å². The predicted octanol–water partition coefficient (Wildman–Crippen LogP) is 1.70. The molecule has 17 heavy (non-hydrogen) atoms. The van der Waals surface area contributed by atoms with E-state index in [0.29, 0.717) is 19.4 Å². The molecule has 0 saturated heterocycles. The second kappa shape index (κ2) is 6.61. The van der Waals surface area contributed by atoms with Gasteiger partial charge in [-0.05, 0) is 37.0 Å². The number of ether oxygens (including phenoxy) is 1. The van der Waals surface area contributed by atoms with Gasteiger partial charge >= 0.3 is 0 Å². The number of hydrogen-bond acceptors (Lipinski definition) is 3. The summed E-state index contributed by atoms with van der Waals surface area (Å²) in [5, 5.41) is 4.90. The van der Waals surface area contributed by atoms with Gasteiger partial charge in [0.1, 0.15) is 5.75 Å². The van der Waals surface area contributed by atoms with E-state index < -0.39 is 10.0 Å². The largest absolute Gasteiger partial charge is 0.494 e.